The van der Waals surface area contributed by atoms with E-state index >= 15 is 0 Å². The highest BCUT2D eigenvalue weighted by Gasteiger charge is 2.09. The third-order valence-electron chi connectivity index (χ3n) is 3.28. The van der Waals surface area contributed by atoms with E-state index in [1.807, 2.05) is 24.4 Å². The van der Waals surface area contributed by atoms with Gasteiger partial charge >= 0.3 is 0 Å². The second-order valence-corrected chi connectivity index (χ2v) is 5.27. The van der Waals surface area contributed by atoms with Crippen molar-refractivity contribution in [2.45, 2.75) is 20.4 Å². The zero-order valence-electron chi connectivity index (χ0n) is 11.2. The van der Waals surface area contributed by atoms with Crippen molar-refractivity contribution < 1.29 is 0 Å². The molecule has 102 valence electrons. The van der Waals surface area contributed by atoms with Crippen LogP contribution in [-0.4, -0.2) is 22.6 Å². The molecular formula is C15H18Cl2N2. The van der Waals surface area contributed by atoms with E-state index in [-0.39, 0.29) is 0 Å². The molecule has 0 saturated carbocycles. The number of hydrogen-bond donors (Lipinski definition) is 0. The second-order valence-electron chi connectivity index (χ2n) is 4.43. The summed E-state index contributed by atoms with van der Waals surface area (Å²) in [6.07, 6.45) is 2.04. The highest BCUT2D eigenvalue weighted by atomic mass is 35.5. The van der Waals surface area contributed by atoms with Crippen LogP contribution in [0.3, 0.4) is 0 Å². The molecular weight excluding hydrogens is 279 g/mol. The van der Waals surface area contributed by atoms with Gasteiger partial charge in [0.1, 0.15) is 0 Å². The summed E-state index contributed by atoms with van der Waals surface area (Å²) in [7, 11) is 0. The maximum absolute atomic E-state index is 6.28. The number of aromatic nitrogens is 1. The molecule has 0 radical (unpaired) electrons. The van der Waals surface area contributed by atoms with Gasteiger partial charge in [-0.1, -0.05) is 37.0 Å². The lowest BCUT2D eigenvalue weighted by Crippen LogP contribution is -2.23. The smallest absolute Gasteiger partial charge is 0.0661 e. The van der Waals surface area contributed by atoms with Gasteiger partial charge < -0.3 is 4.57 Å². The lowest BCUT2D eigenvalue weighted by atomic mass is 10.3. The Morgan fingerprint density at radius 2 is 1.84 bits per heavy atom. The molecule has 2 nitrogen and oxygen atoms in total. The first kappa shape index (κ1) is 14.4. The normalized spacial score (nSPS) is 11.2. The molecule has 0 amide bonds. The van der Waals surface area contributed by atoms with Gasteiger partial charge in [0, 0.05) is 23.5 Å². The van der Waals surface area contributed by atoms with E-state index in [4.69, 9.17) is 23.2 Å². The molecule has 1 aromatic carbocycles. The molecule has 0 unspecified atom stereocenters. The molecule has 2 rings (SSSR count). The molecule has 0 bridgehead atoms. The van der Waals surface area contributed by atoms with E-state index < -0.39 is 0 Å². The molecule has 0 fully saturated rings. The van der Waals surface area contributed by atoms with Gasteiger partial charge in [-0.15, -0.1) is 0 Å². The van der Waals surface area contributed by atoms with E-state index in [9.17, 15) is 0 Å². The van der Waals surface area contributed by atoms with Crippen LogP contribution in [0.5, 0.6) is 0 Å². The van der Waals surface area contributed by atoms with Crippen LogP contribution in [0.15, 0.2) is 36.5 Å². The number of halogens is 2. The summed E-state index contributed by atoms with van der Waals surface area (Å²) in [4.78, 5) is 2.37. The minimum absolute atomic E-state index is 0.659. The fourth-order valence-electron chi connectivity index (χ4n) is 2.13. The zero-order valence-corrected chi connectivity index (χ0v) is 12.7. The SMILES string of the molecule is CCN(CC)Cc1cccn1-c1ccc(Cl)cc1Cl. The van der Waals surface area contributed by atoms with E-state index in [1.165, 1.54) is 5.69 Å². The molecule has 19 heavy (non-hydrogen) atoms. The van der Waals surface area contributed by atoms with Gasteiger partial charge in [0.2, 0.25) is 0 Å². The van der Waals surface area contributed by atoms with E-state index in [1.54, 1.807) is 6.07 Å². The van der Waals surface area contributed by atoms with E-state index in [2.05, 4.69) is 29.4 Å². The van der Waals surface area contributed by atoms with Crippen molar-refractivity contribution in [1.29, 1.82) is 0 Å². The molecule has 0 N–H and O–H groups in total. The molecule has 4 heteroatoms. The summed E-state index contributed by atoms with van der Waals surface area (Å²) in [6, 6.07) is 9.77. The number of hydrogen-bond acceptors (Lipinski definition) is 1. The quantitative estimate of drug-likeness (QED) is 0.781. The summed E-state index contributed by atoms with van der Waals surface area (Å²) >= 11 is 12.2. The molecule has 1 aromatic heterocycles. The standard InChI is InChI=1S/C15H18Cl2N2/c1-3-18(4-2)11-13-6-5-9-19(13)15-8-7-12(16)10-14(15)17/h5-10H,3-4,11H2,1-2H3. The third kappa shape index (κ3) is 3.33. The predicted molar refractivity (Wildman–Crippen MR) is 82.4 cm³/mol. The monoisotopic (exact) mass is 296 g/mol. The summed E-state index contributed by atoms with van der Waals surface area (Å²) < 4.78 is 2.12. The van der Waals surface area contributed by atoms with Crippen LogP contribution < -0.4 is 0 Å². The molecule has 0 saturated heterocycles. The van der Waals surface area contributed by atoms with Crippen LogP contribution >= 0.6 is 23.2 Å². The fraction of sp³-hybridized carbons (Fsp3) is 0.333. The summed E-state index contributed by atoms with van der Waals surface area (Å²) in [5, 5.41) is 1.33. The number of rotatable bonds is 5. The maximum Gasteiger partial charge on any atom is 0.0661 e. The summed E-state index contributed by atoms with van der Waals surface area (Å²) in [5.74, 6) is 0. The molecule has 0 atom stereocenters. The van der Waals surface area contributed by atoms with Crippen molar-refractivity contribution in [3.05, 3.63) is 52.3 Å². The highest BCUT2D eigenvalue weighted by molar-refractivity contribution is 6.35. The molecule has 0 spiro atoms. The van der Waals surface area contributed by atoms with Gasteiger partial charge in [0.05, 0.1) is 10.7 Å². The Hall–Kier alpha value is -0.960. The molecule has 0 aliphatic heterocycles. The van der Waals surface area contributed by atoms with Crippen LogP contribution in [0.2, 0.25) is 10.0 Å². The van der Waals surface area contributed by atoms with Gasteiger partial charge in [0.15, 0.2) is 0 Å². The first-order valence-electron chi connectivity index (χ1n) is 6.49. The average Bonchev–Trinajstić information content (AvgIpc) is 2.84. The minimum Gasteiger partial charge on any atom is -0.318 e. The first-order chi connectivity index (χ1) is 9.15. The summed E-state index contributed by atoms with van der Waals surface area (Å²) in [5.41, 5.74) is 2.20. The van der Waals surface area contributed by atoms with Gasteiger partial charge in [-0.25, -0.2) is 0 Å². The molecule has 1 heterocycles. The lowest BCUT2D eigenvalue weighted by molar-refractivity contribution is 0.290. The van der Waals surface area contributed by atoms with Gasteiger partial charge in [0.25, 0.3) is 0 Å². The minimum atomic E-state index is 0.659. The van der Waals surface area contributed by atoms with Crippen molar-refractivity contribution in [3.8, 4) is 5.69 Å². The Labute approximate surface area is 124 Å². The topological polar surface area (TPSA) is 8.17 Å². The van der Waals surface area contributed by atoms with Crippen molar-refractivity contribution in [3.63, 3.8) is 0 Å². The van der Waals surface area contributed by atoms with Crippen LogP contribution in [0.25, 0.3) is 5.69 Å². The van der Waals surface area contributed by atoms with Crippen molar-refractivity contribution in [2.75, 3.05) is 13.1 Å². The van der Waals surface area contributed by atoms with Crippen molar-refractivity contribution in [2.24, 2.45) is 0 Å². The van der Waals surface area contributed by atoms with Crippen LogP contribution in [0.4, 0.5) is 0 Å². The molecule has 0 aliphatic carbocycles. The third-order valence-corrected chi connectivity index (χ3v) is 3.82. The zero-order chi connectivity index (χ0) is 13.8. The highest BCUT2D eigenvalue weighted by Crippen LogP contribution is 2.26. The maximum atomic E-state index is 6.28. The lowest BCUT2D eigenvalue weighted by Gasteiger charge is -2.20. The fourth-order valence-corrected chi connectivity index (χ4v) is 2.63. The van der Waals surface area contributed by atoms with E-state index in [0.29, 0.717) is 10.0 Å². The first-order valence-corrected chi connectivity index (χ1v) is 7.25. The van der Waals surface area contributed by atoms with Gasteiger partial charge in [-0.2, -0.15) is 0 Å². The number of nitrogens with zero attached hydrogens (tertiary/aromatic N) is 2. The Balaban J connectivity index is 2.33. The average molecular weight is 297 g/mol. The Morgan fingerprint density at radius 3 is 2.47 bits per heavy atom. The predicted octanol–water partition coefficient (Wildman–Crippen LogP) is 4.63. The summed E-state index contributed by atoms with van der Waals surface area (Å²) in [6.45, 7) is 7.34. The Bertz CT molecular complexity index is 545. The van der Waals surface area contributed by atoms with Crippen molar-refractivity contribution >= 4 is 23.2 Å². The Kier molecular flexibility index (Phi) is 4.92. The van der Waals surface area contributed by atoms with Crippen LogP contribution in [0, 0.1) is 0 Å². The van der Waals surface area contributed by atoms with E-state index in [0.717, 1.165) is 25.3 Å². The number of benzene rings is 1. The molecule has 2 aromatic rings. The van der Waals surface area contributed by atoms with Crippen LogP contribution in [0.1, 0.15) is 19.5 Å². The van der Waals surface area contributed by atoms with Crippen LogP contribution in [-0.2, 0) is 6.54 Å². The largest absolute Gasteiger partial charge is 0.318 e. The molecule has 0 aliphatic rings. The Morgan fingerprint density at radius 1 is 1.11 bits per heavy atom. The second kappa shape index (κ2) is 6.47. The van der Waals surface area contributed by atoms with Gasteiger partial charge in [-0.3, -0.25) is 4.90 Å². The van der Waals surface area contributed by atoms with Gasteiger partial charge in [-0.05, 0) is 43.4 Å². The van der Waals surface area contributed by atoms with Crippen molar-refractivity contribution in [1.82, 2.24) is 9.47 Å².